The quantitative estimate of drug-likeness (QED) is 0.791. The highest BCUT2D eigenvalue weighted by molar-refractivity contribution is 5.95. The van der Waals surface area contributed by atoms with Crippen molar-refractivity contribution in [3.8, 4) is 5.75 Å². The molecule has 0 N–H and O–H groups in total. The van der Waals surface area contributed by atoms with E-state index in [1.807, 2.05) is 4.90 Å². The summed E-state index contributed by atoms with van der Waals surface area (Å²) >= 11 is 0. The van der Waals surface area contributed by atoms with Crippen LogP contribution in [0.2, 0.25) is 0 Å². The number of hydrogen-bond acceptors (Lipinski definition) is 3. The fourth-order valence-electron chi connectivity index (χ4n) is 4.32. The summed E-state index contributed by atoms with van der Waals surface area (Å²) in [7, 11) is 0. The first-order valence-electron chi connectivity index (χ1n) is 9.60. The van der Waals surface area contributed by atoms with Crippen molar-refractivity contribution in [3.63, 3.8) is 0 Å². The van der Waals surface area contributed by atoms with Crippen LogP contribution in [-0.2, 0) is 4.79 Å². The summed E-state index contributed by atoms with van der Waals surface area (Å²) in [6, 6.07) is 5.73. The van der Waals surface area contributed by atoms with Gasteiger partial charge < -0.3 is 14.5 Å². The average molecular weight is 378 g/mol. The maximum Gasteiger partial charge on any atom is 0.387 e. The molecule has 5 nitrogen and oxygen atoms in total. The Kier molecular flexibility index (Phi) is 4.78. The fraction of sp³-hybridized carbons (Fsp3) is 0.600. The van der Waals surface area contributed by atoms with E-state index in [1.165, 1.54) is 37.1 Å². The van der Waals surface area contributed by atoms with E-state index in [9.17, 15) is 18.4 Å². The Morgan fingerprint density at radius 1 is 1.19 bits per heavy atom. The summed E-state index contributed by atoms with van der Waals surface area (Å²) in [6.07, 6.45) is 4.95. The van der Waals surface area contributed by atoms with Gasteiger partial charge in [0, 0.05) is 31.7 Å². The molecule has 1 aromatic rings. The minimum atomic E-state index is -2.89. The molecule has 2 saturated heterocycles. The summed E-state index contributed by atoms with van der Waals surface area (Å²) < 4.78 is 28.8. The van der Waals surface area contributed by atoms with Crippen molar-refractivity contribution in [1.82, 2.24) is 9.80 Å². The lowest BCUT2D eigenvalue weighted by molar-refractivity contribution is -0.145. The van der Waals surface area contributed by atoms with Gasteiger partial charge in [-0.15, -0.1) is 0 Å². The smallest absolute Gasteiger partial charge is 0.387 e. The number of alkyl halides is 2. The van der Waals surface area contributed by atoms with Gasteiger partial charge in [-0.05, 0) is 62.3 Å². The molecule has 0 bridgehead atoms. The van der Waals surface area contributed by atoms with Crippen molar-refractivity contribution < 1.29 is 23.1 Å². The maximum atomic E-state index is 13.1. The topological polar surface area (TPSA) is 49.9 Å². The van der Waals surface area contributed by atoms with Crippen LogP contribution in [-0.4, -0.2) is 54.4 Å². The number of ether oxygens (including phenoxy) is 1. The van der Waals surface area contributed by atoms with Gasteiger partial charge in [0.2, 0.25) is 5.91 Å². The maximum absolute atomic E-state index is 13.1. The zero-order valence-corrected chi connectivity index (χ0v) is 15.2. The number of nitrogens with zero attached hydrogens (tertiary/aromatic N) is 2. The van der Waals surface area contributed by atoms with E-state index in [1.54, 1.807) is 4.90 Å². The molecule has 0 unspecified atom stereocenters. The number of carbonyl (C=O) groups is 2. The number of hydrogen-bond donors (Lipinski definition) is 0. The Bertz CT molecular complexity index is 720. The van der Waals surface area contributed by atoms with Crippen molar-refractivity contribution in [2.75, 3.05) is 26.2 Å². The van der Waals surface area contributed by atoms with Crippen molar-refractivity contribution in [1.29, 1.82) is 0 Å². The molecule has 146 valence electrons. The first-order valence-corrected chi connectivity index (χ1v) is 9.60. The number of likely N-dealkylation sites (tertiary alicyclic amines) is 2. The zero-order chi connectivity index (χ0) is 19.0. The number of piperidine rings is 1. The van der Waals surface area contributed by atoms with Crippen LogP contribution < -0.4 is 4.74 Å². The number of amides is 2. The van der Waals surface area contributed by atoms with Crippen LogP contribution in [0, 0.1) is 11.3 Å². The molecule has 2 aliphatic heterocycles. The summed E-state index contributed by atoms with van der Waals surface area (Å²) in [4.78, 5) is 29.6. The van der Waals surface area contributed by atoms with Crippen LogP contribution in [0.1, 0.15) is 42.5 Å². The summed E-state index contributed by atoms with van der Waals surface area (Å²) in [5.41, 5.74) is -0.0200. The number of benzene rings is 1. The molecule has 27 heavy (non-hydrogen) atoms. The highest BCUT2D eigenvalue weighted by Gasteiger charge is 2.49. The lowest BCUT2D eigenvalue weighted by Crippen LogP contribution is -2.50. The normalized spacial score (nSPS) is 25.5. The lowest BCUT2D eigenvalue weighted by Gasteiger charge is -2.39. The van der Waals surface area contributed by atoms with Gasteiger partial charge in [0.25, 0.3) is 5.91 Å². The predicted molar refractivity (Wildman–Crippen MR) is 94.6 cm³/mol. The zero-order valence-electron chi connectivity index (χ0n) is 15.2. The number of rotatable bonds is 5. The average Bonchev–Trinajstić information content (AvgIpc) is 3.36. The Hall–Kier alpha value is -2.18. The molecule has 3 aliphatic rings. The van der Waals surface area contributed by atoms with E-state index in [2.05, 4.69) is 4.74 Å². The van der Waals surface area contributed by atoms with Crippen LogP contribution in [0.15, 0.2) is 24.3 Å². The van der Waals surface area contributed by atoms with Gasteiger partial charge in [0.15, 0.2) is 0 Å². The van der Waals surface area contributed by atoms with E-state index in [-0.39, 0.29) is 17.6 Å². The predicted octanol–water partition coefficient (Wildman–Crippen LogP) is 3.15. The SMILES string of the molecule is O=C(c1ccc(OC(F)F)cc1)N1CC[C@]2(CCCN(CC3CC3)C2=O)C1. The van der Waals surface area contributed by atoms with Crippen molar-refractivity contribution in [2.45, 2.75) is 38.7 Å². The first kappa shape index (κ1) is 18.2. The van der Waals surface area contributed by atoms with Gasteiger partial charge in [-0.25, -0.2) is 0 Å². The van der Waals surface area contributed by atoms with E-state index in [0.29, 0.717) is 31.0 Å². The van der Waals surface area contributed by atoms with Crippen molar-refractivity contribution in [2.24, 2.45) is 11.3 Å². The molecule has 0 aromatic heterocycles. The van der Waals surface area contributed by atoms with Crippen LogP contribution in [0.5, 0.6) is 5.75 Å². The molecule has 1 aliphatic carbocycles. The highest BCUT2D eigenvalue weighted by Crippen LogP contribution is 2.42. The summed E-state index contributed by atoms with van der Waals surface area (Å²) in [6.45, 7) is -0.199. The largest absolute Gasteiger partial charge is 0.435 e. The minimum absolute atomic E-state index is 0.0256. The van der Waals surface area contributed by atoms with Crippen LogP contribution >= 0.6 is 0 Å². The second-order valence-electron chi connectivity index (χ2n) is 7.96. The summed E-state index contributed by atoms with van der Waals surface area (Å²) in [5.74, 6) is 0.731. The Labute approximate surface area is 157 Å². The van der Waals surface area contributed by atoms with Crippen LogP contribution in [0.3, 0.4) is 0 Å². The molecule has 7 heteroatoms. The van der Waals surface area contributed by atoms with Crippen molar-refractivity contribution in [3.05, 3.63) is 29.8 Å². The second kappa shape index (κ2) is 7.09. The van der Waals surface area contributed by atoms with E-state index in [0.717, 1.165) is 25.9 Å². The van der Waals surface area contributed by atoms with Gasteiger partial charge in [-0.1, -0.05) is 0 Å². The molecule has 1 spiro atoms. The van der Waals surface area contributed by atoms with Crippen molar-refractivity contribution >= 4 is 11.8 Å². The molecule has 2 amide bonds. The molecule has 4 rings (SSSR count). The van der Waals surface area contributed by atoms with E-state index in [4.69, 9.17) is 0 Å². The third-order valence-corrected chi connectivity index (χ3v) is 5.97. The molecule has 1 aromatic carbocycles. The standard InChI is InChI=1S/C20H24F2N2O3/c21-19(22)27-16-6-4-15(5-7-16)17(25)24-11-9-20(13-24)8-1-10-23(18(20)26)12-14-2-3-14/h4-7,14,19H,1-3,8-13H2/t20-/m1/s1. The van der Waals surface area contributed by atoms with Gasteiger partial charge in [0.1, 0.15) is 5.75 Å². The molecule has 0 radical (unpaired) electrons. The monoisotopic (exact) mass is 378 g/mol. The van der Waals surface area contributed by atoms with Gasteiger partial charge in [-0.2, -0.15) is 8.78 Å². The van der Waals surface area contributed by atoms with Gasteiger partial charge >= 0.3 is 6.61 Å². The van der Waals surface area contributed by atoms with Gasteiger partial charge in [-0.3, -0.25) is 9.59 Å². The Morgan fingerprint density at radius 2 is 1.93 bits per heavy atom. The molecule has 1 atom stereocenters. The van der Waals surface area contributed by atoms with E-state index < -0.39 is 12.0 Å². The number of halogens is 2. The minimum Gasteiger partial charge on any atom is -0.435 e. The first-order chi connectivity index (χ1) is 13.0. The Morgan fingerprint density at radius 3 is 2.59 bits per heavy atom. The fourth-order valence-corrected chi connectivity index (χ4v) is 4.32. The molecule has 2 heterocycles. The lowest BCUT2D eigenvalue weighted by atomic mass is 9.78. The molecule has 3 fully saturated rings. The van der Waals surface area contributed by atoms with Crippen LogP contribution in [0.25, 0.3) is 0 Å². The highest BCUT2D eigenvalue weighted by atomic mass is 19.3. The third-order valence-electron chi connectivity index (χ3n) is 5.97. The van der Waals surface area contributed by atoms with Gasteiger partial charge in [0.05, 0.1) is 5.41 Å². The van der Waals surface area contributed by atoms with E-state index >= 15 is 0 Å². The Balaban J connectivity index is 1.42. The molecule has 1 saturated carbocycles. The molecular weight excluding hydrogens is 354 g/mol. The van der Waals surface area contributed by atoms with Crippen LogP contribution in [0.4, 0.5) is 8.78 Å². The molecular formula is C20H24F2N2O3. The summed E-state index contributed by atoms with van der Waals surface area (Å²) in [5, 5.41) is 0. The number of carbonyl (C=O) groups excluding carboxylic acids is 2. The third kappa shape index (κ3) is 3.77. The second-order valence-corrected chi connectivity index (χ2v) is 7.96.